The molecule has 0 aromatic carbocycles. The number of likely N-dealkylation sites (tertiary alicyclic amines) is 1. The van der Waals surface area contributed by atoms with E-state index in [9.17, 15) is 4.79 Å². The summed E-state index contributed by atoms with van der Waals surface area (Å²) in [4.78, 5) is 18.8. The molecular weight excluding hydrogens is 306 g/mol. The largest absolute Gasteiger partial charge is 0.496 e. The lowest BCUT2D eigenvalue weighted by molar-refractivity contribution is -0.124. The average Bonchev–Trinajstić information content (AvgIpc) is 3.21. The van der Waals surface area contributed by atoms with E-state index >= 15 is 0 Å². The summed E-state index contributed by atoms with van der Waals surface area (Å²) in [7, 11) is 5.25. The average molecular weight is 329 g/mol. The fourth-order valence-corrected chi connectivity index (χ4v) is 3.41. The molecule has 2 aromatic heterocycles. The van der Waals surface area contributed by atoms with Crippen molar-refractivity contribution in [3.8, 4) is 5.75 Å². The van der Waals surface area contributed by atoms with Crippen LogP contribution >= 0.6 is 0 Å². The fraction of sp³-hybridized carbons (Fsp3) is 0.471. The van der Waals surface area contributed by atoms with E-state index in [-0.39, 0.29) is 17.7 Å². The standard InChI is InChI=1S/C17H23N5O2/c1-18-17(23)15-11-22(9-13-6-19-5-4-16(13)24-3)10-14(15)12-7-20-21(2)8-12/h4-8,14-15H,9-11H2,1-3H3,(H,18,23)/t14-,15+/m1/s1. The molecule has 0 spiro atoms. The molecule has 3 heterocycles. The van der Waals surface area contributed by atoms with Gasteiger partial charge in [-0.15, -0.1) is 0 Å². The molecule has 2 aromatic rings. The number of methoxy groups -OCH3 is 1. The molecule has 1 amide bonds. The molecule has 3 rings (SSSR count). The Morgan fingerprint density at radius 1 is 1.42 bits per heavy atom. The van der Waals surface area contributed by atoms with Gasteiger partial charge in [0.15, 0.2) is 0 Å². The number of nitrogens with zero attached hydrogens (tertiary/aromatic N) is 4. The van der Waals surface area contributed by atoms with Crippen LogP contribution < -0.4 is 10.1 Å². The van der Waals surface area contributed by atoms with E-state index in [1.165, 1.54) is 0 Å². The number of aryl methyl sites for hydroxylation is 1. The third-order valence-corrected chi connectivity index (χ3v) is 4.60. The smallest absolute Gasteiger partial charge is 0.224 e. The second-order valence-electron chi connectivity index (χ2n) is 6.16. The summed E-state index contributed by atoms with van der Waals surface area (Å²) in [6, 6.07) is 1.86. The highest BCUT2D eigenvalue weighted by atomic mass is 16.5. The van der Waals surface area contributed by atoms with Crippen molar-refractivity contribution in [1.29, 1.82) is 0 Å². The summed E-state index contributed by atoms with van der Waals surface area (Å²) < 4.78 is 7.19. The Bertz CT molecular complexity index is 715. The number of carbonyl (C=O) groups excluding carboxylic acids is 1. The van der Waals surface area contributed by atoms with Crippen LogP contribution in [0.3, 0.4) is 0 Å². The van der Waals surface area contributed by atoms with E-state index in [0.717, 1.165) is 23.4 Å². The number of nitrogens with one attached hydrogen (secondary N) is 1. The van der Waals surface area contributed by atoms with Crippen LogP contribution in [0, 0.1) is 5.92 Å². The Hall–Kier alpha value is -2.41. The maximum atomic E-state index is 12.3. The van der Waals surface area contributed by atoms with Crippen LogP contribution in [0.5, 0.6) is 5.75 Å². The molecule has 1 N–H and O–H groups in total. The van der Waals surface area contributed by atoms with Crippen molar-refractivity contribution in [2.75, 3.05) is 27.2 Å². The van der Waals surface area contributed by atoms with E-state index in [1.807, 2.05) is 31.7 Å². The predicted molar refractivity (Wildman–Crippen MR) is 89.6 cm³/mol. The molecule has 0 radical (unpaired) electrons. The van der Waals surface area contributed by atoms with Crippen LogP contribution in [0.25, 0.3) is 0 Å². The monoisotopic (exact) mass is 329 g/mol. The first-order valence-electron chi connectivity index (χ1n) is 8.01. The molecule has 7 heteroatoms. The lowest BCUT2D eigenvalue weighted by Gasteiger charge is -2.17. The van der Waals surface area contributed by atoms with Gasteiger partial charge in [-0.05, 0) is 11.6 Å². The molecule has 0 aliphatic carbocycles. The molecule has 24 heavy (non-hydrogen) atoms. The summed E-state index contributed by atoms with van der Waals surface area (Å²) in [5.41, 5.74) is 2.13. The minimum absolute atomic E-state index is 0.0736. The number of pyridine rings is 1. The molecule has 128 valence electrons. The predicted octanol–water partition coefficient (Wildman–Crippen LogP) is 0.785. The first-order valence-corrected chi connectivity index (χ1v) is 8.01. The minimum atomic E-state index is -0.0816. The Kier molecular flexibility index (Phi) is 4.80. The number of hydrogen-bond donors (Lipinski definition) is 1. The molecule has 1 aliphatic rings. The molecule has 0 saturated carbocycles. The second kappa shape index (κ2) is 7.00. The van der Waals surface area contributed by atoms with Gasteiger partial charge in [0.25, 0.3) is 0 Å². The maximum absolute atomic E-state index is 12.3. The summed E-state index contributed by atoms with van der Waals surface area (Å²) in [6.07, 6.45) is 7.40. The lowest BCUT2D eigenvalue weighted by atomic mass is 9.90. The number of ether oxygens (including phenoxy) is 1. The highest BCUT2D eigenvalue weighted by molar-refractivity contribution is 5.80. The Morgan fingerprint density at radius 3 is 2.92 bits per heavy atom. The number of hydrogen-bond acceptors (Lipinski definition) is 5. The number of amides is 1. The molecule has 1 aliphatic heterocycles. The van der Waals surface area contributed by atoms with Crippen LogP contribution in [-0.2, 0) is 18.4 Å². The van der Waals surface area contributed by atoms with Crippen molar-refractivity contribution in [1.82, 2.24) is 25.0 Å². The molecule has 1 saturated heterocycles. The topological polar surface area (TPSA) is 72.3 Å². The normalized spacial score (nSPS) is 21.0. The Balaban J connectivity index is 1.80. The number of rotatable bonds is 5. The maximum Gasteiger partial charge on any atom is 0.224 e. The quantitative estimate of drug-likeness (QED) is 0.878. The van der Waals surface area contributed by atoms with Gasteiger partial charge in [-0.2, -0.15) is 5.10 Å². The summed E-state index contributed by atoms with van der Waals surface area (Å²) in [6.45, 7) is 2.22. The van der Waals surface area contributed by atoms with Crippen molar-refractivity contribution in [3.63, 3.8) is 0 Å². The highest BCUT2D eigenvalue weighted by Crippen LogP contribution is 2.34. The summed E-state index contributed by atoms with van der Waals surface area (Å²) in [5, 5.41) is 7.04. The Labute approximate surface area is 141 Å². The Morgan fingerprint density at radius 2 is 2.25 bits per heavy atom. The molecular formula is C17H23N5O2. The second-order valence-corrected chi connectivity index (χ2v) is 6.16. The molecule has 2 atom stereocenters. The van der Waals surface area contributed by atoms with Gasteiger partial charge in [0.1, 0.15) is 5.75 Å². The number of carbonyl (C=O) groups is 1. The fourth-order valence-electron chi connectivity index (χ4n) is 3.41. The molecule has 7 nitrogen and oxygen atoms in total. The van der Waals surface area contributed by atoms with Gasteiger partial charge in [0, 0.05) is 63.8 Å². The first kappa shape index (κ1) is 16.4. The van der Waals surface area contributed by atoms with Crippen molar-refractivity contribution in [2.24, 2.45) is 13.0 Å². The minimum Gasteiger partial charge on any atom is -0.496 e. The van der Waals surface area contributed by atoms with Crippen LogP contribution in [0.4, 0.5) is 0 Å². The van der Waals surface area contributed by atoms with E-state index in [4.69, 9.17) is 4.74 Å². The van der Waals surface area contributed by atoms with Crippen molar-refractivity contribution in [3.05, 3.63) is 42.0 Å². The van der Waals surface area contributed by atoms with E-state index in [2.05, 4.69) is 20.3 Å². The van der Waals surface area contributed by atoms with Gasteiger partial charge in [-0.3, -0.25) is 19.4 Å². The molecule has 0 bridgehead atoms. The molecule has 0 unspecified atom stereocenters. The SMILES string of the molecule is CNC(=O)[C@H]1CN(Cc2cnccc2OC)C[C@@H]1c1cnn(C)c1. The van der Waals surface area contributed by atoms with Crippen molar-refractivity contribution < 1.29 is 9.53 Å². The van der Waals surface area contributed by atoms with E-state index in [0.29, 0.717) is 13.1 Å². The van der Waals surface area contributed by atoms with Gasteiger partial charge in [0.2, 0.25) is 5.91 Å². The number of aromatic nitrogens is 3. The van der Waals surface area contributed by atoms with Crippen LogP contribution in [-0.4, -0.2) is 52.8 Å². The van der Waals surface area contributed by atoms with Crippen molar-refractivity contribution >= 4 is 5.91 Å². The molecule has 1 fully saturated rings. The lowest BCUT2D eigenvalue weighted by Crippen LogP contribution is -2.32. The van der Waals surface area contributed by atoms with Crippen LogP contribution in [0.15, 0.2) is 30.9 Å². The van der Waals surface area contributed by atoms with Gasteiger partial charge in [-0.25, -0.2) is 0 Å². The van der Waals surface area contributed by atoms with Crippen molar-refractivity contribution in [2.45, 2.75) is 12.5 Å². The van der Waals surface area contributed by atoms with E-state index < -0.39 is 0 Å². The van der Waals surface area contributed by atoms with Crippen LogP contribution in [0.2, 0.25) is 0 Å². The van der Waals surface area contributed by atoms with Gasteiger partial charge in [-0.1, -0.05) is 0 Å². The highest BCUT2D eigenvalue weighted by Gasteiger charge is 2.38. The van der Waals surface area contributed by atoms with Gasteiger partial charge < -0.3 is 10.1 Å². The zero-order chi connectivity index (χ0) is 17.1. The zero-order valence-corrected chi connectivity index (χ0v) is 14.3. The van der Waals surface area contributed by atoms with Gasteiger partial charge in [0.05, 0.1) is 19.2 Å². The van der Waals surface area contributed by atoms with Gasteiger partial charge >= 0.3 is 0 Å². The van der Waals surface area contributed by atoms with E-state index in [1.54, 1.807) is 25.0 Å². The van der Waals surface area contributed by atoms with Crippen LogP contribution in [0.1, 0.15) is 17.0 Å². The third kappa shape index (κ3) is 3.26. The zero-order valence-electron chi connectivity index (χ0n) is 14.3. The summed E-state index contributed by atoms with van der Waals surface area (Å²) >= 11 is 0. The summed E-state index contributed by atoms with van der Waals surface area (Å²) in [5.74, 6) is 0.957. The third-order valence-electron chi connectivity index (χ3n) is 4.60. The first-order chi connectivity index (χ1) is 11.6.